The maximum atomic E-state index is 12.5. The zero-order valence-corrected chi connectivity index (χ0v) is 20.7. The summed E-state index contributed by atoms with van der Waals surface area (Å²) in [6, 6.07) is 12.6. The fourth-order valence-corrected chi connectivity index (χ4v) is 4.82. The van der Waals surface area contributed by atoms with Gasteiger partial charge in [-0.1, -0.05) is 35.3 Å². The van der Waals surface area contributed by atoms with Crippen LogP contribution in [0, 0.1) is 0 Å². The van der Waals surface area contributed by atoms with Crippen LogP contribution in [0.4, 0.5) is 4.79 Å². The maximum Gasteiger partial charge on any atom is 0.410 e. The van der Waals surface area contributed by atoms with Crippen LogP contribution in [-0.2, 0) is 22.4 Å². The second-order valence-corrected chi connectivity index (χ2v) is 10.1. The van der Waals surface area contributed by atoms with Gasteiger partial charge in [-0.05, 0) is 80.1 Å². The van der Waals surface area contributed by atoms with Crippen molar-refractivity contribution >= 4 is 35.8 Å². The maximum absolute atomic E-state index is 12.5. The lowest BCUT2D eigenvalue weighted by atomic mass is 9.92. The van der Waals surface area contributed by atoms with E-state index in [1.165, 1.54) is 22.3 Å². The monoisotopic (exact) mass is 492 g/mol. The highest BCUT2D eigenvalue weighted by Gasteiger charge is 2.33. The second-order valence-electron chi connectivity index (χ2n) is 9.20. The van der Waals surface area contributed by atoms with Gasteiger partial charge in [0.05, 0.1) is 6.04 Å². The van der Waals surface area contributed by atoms with E-state index in [0.29, 0.717) is 13.1 Å². The van der Waals surface area contributed by atoms with Crippen LogP contribution in [-0.4, -0.2) is 59.3 Å². The fraction of sp³-hybridized carbons (Fsp3) is 0.440. The van der Waals surface area contributed by atoms with Crippen molar-refractivity contribution in [2.24, 2.45) is 0 Å². The number of aryl methyl sites for hydroxylation is 2. The molecule has 1 N–H and O–H groups in total. The molecule has 6 nitrogen and oxygen atoms in total. The quantitative estimate of drug-likeness (QED) is 0.537. The molecule has 0 radical (unpaired) electrons. The van der Waals surface area contributed by atoms with E-state index < -0.39 is 5.60 Å². The van der Waals surface area contributed by atoms with Crippen LogP contribution < -0.4 is 0 Å². The lowest BCUT2D eigenvalue weighted by Crippen LogP contribution is -2.51. The predicted molar refractivity (Wildman–Crippen MR) is 130 cm³/mol. The third-order valence-electron chi connectivity index (χ3n) is 5.79. The van der Waals surface area contributed by atoms with Crippen LogP contribution in [0.3, 0.4) is 0 Å². The molecule has 0 bridgehead atoms. The number of ether oxygens (including phenoxy) is 1. The summed E-state index contributed by atoms with van der Waals surface area (Å²) in [4.78, 5) is 25.1. The van der Waals surface area contributed by atoms with E-state index in [1.807, 2.05) is 37.8 Å². The normalized spacial score (nSPS) is 16.6. The van der Waals surface area contributed by atoms with Gasteiger partial charge in [-0.3, -0.25) is 9.69 Å². The first-order valence-corrected chi connectivity index (χ1v) is 11.7. The Morgan fingerprint density at radius 1 is 0.970 bits per heavy atom. The van der Waals surface area contributed by atoms with Gasteiger partial charge in [-0.15, -0.1) is 0 Å². The van der Waals surface area contributed by atoms with Gasteiger partial charge in [-0.25, -0.2) is 4.79 Å². The summed E-state index contributed by atoms with van der Waals surface area (Å²) in [7, 11) is 0. The first-order chi connectivity index (χ1) is 15.6. The lowest BCUT2D eigenvalue weighted by Gasteiger charge is -2.40. The number of carboxylic acid groups (broad SMARTS) is 1. The van der Waals surface area contributed by atoms with Crippen LogP contribution >= 0.6 is 23.2 Å². The minimum absolute atomic E-state index is 0.132. The van der Waals surface area contributed by atoms with Crippen molar-refractivity contribution < 1.29 is 19.4 Å². The molecule has 178 valence electrons. The predicted octanol–water partition coefficient (Wildman–Crippen LogP) is 5.43. The van der Waals surface area contributed by atoms with Gasteiger partial charge in [-0.2, -0.15) is 0 Å². The van der Waals surface area contributed by atoms with Crippen LogP contribution in [0.5, 0.6) is 0 Å². The molecule has 2 aliphatic rings. The summed E-state index contributed by atoms with van der Waals surface area (Å²) in [5.74, 6) is 0. The first-order valence-electron chi connectivity index (χ1n) is 11.0. The Bertz CT molecular complexity index is 945. The Balaban J connectivity index is 0.000000968. The Morgan fingerprint density at radius 2 is 1.42 bits per heavy atom. The van der Waals surface area contributed by atoms with E-state index in [2.05, 4.69) is 29.2 Å². The summed E-state index contributed by atoms with van der Waals surface area (Å²) in [5.41, 5.74) is 4.69. The summed E-state index contributed by atoms with van der Waals surface area (Å²) in [5, 5.41) is 8.43. The van der Waals surface area contributed by atoms with Crippen molar-refractivity contribution in [3.05, 3.63) is 68.7 Å². The largest absolute Gasteiger partial charge is 0.483 e. The van der Waals surface area contributed by atoms with Crippen molar-refractivity contribution in [1.82, 2.24) is 9.80 Å². The Labute approximate surface area is 205 Å². The Morgan fingerprint density at radius 3 is 1.85 bits per heavy atom. The van der Waals surface area contributed by atoms with Crippen LogP contribution in [0.1, 0.15) is 49.1 Å². The molecular weight excluding hydrogens is 463 g/mol. The van der Waals surface area contributed by atoms with Gasteiger partial charge in [0, 0.05) is 36.2 Å². The fourth-order valence-electron chi connectivity index (χ4n) is 4.43. The van der Waals surface area contributed by atoms with Gasteiger partial charge in [0.25, 0.3) is 6.47 Å². The van der Waals surface area contributed by atoms with Gasteiger partial charge in [0.15, 0.2) is 0 Å². The Kier molecular flexibility index (Phi) is 8.27. The van der Waals surface area contributed by atoms with Crippen molar-refractivity contribution in [1.29, 1.82) is 0 Å². The molecule has 0 saturated carbocycles. The standard InChI is InChI=1S/C24H28Cl2N2O2.CH2O2/c1-24(2,3)30-23(29)28-12-10-27(11-13-28)22-20-8-6-18(25)14-16(20)4-5-17-15-19(26)7-9-21(17)22;2-1-3/h6-9,14-15,22H,4-5,10-13H2,1-3H3;1H,(H,2,3). The molecule has 33 heavy (non-hydrogen) atoms. The SMILES string of the molecule is CC(C)(C)OC(=O)N1CCN(C2c3ccc(Cl)cc3CCc3cc(Cl)ccc32)CC1.O=CO. The van der Waals surface area contributed by atoms with Gasteiger partial charge in [0.2, 0.25) is 0 Å². The molecule has 0 spiro atoms. The van der Waals surface area contributed by atoms with Crippen molar-refractivity contribution in [3.63, 3.8) is 0 Å². The number of piperazine rings is 1. The average Bonchev–Trinajstić information content (AvgIpc) is 2.89. The number of carbonyl (C=O) groups is 2. The highest BCUT2D eigenvalue weighted by Crippen LogP contribution is 2.39. The third-order valence-corrected chi connectivity index (χ3v) is 6.26. The first kappa shape index (κ1) is 25.3. The number of hydrogen-bond acceptors (Lipinski definition) is 4. The van der Waals surface area contributed by atoms with E-state index in [0.717, 1.165) is 36.0 Å². The zero-order valence-electron chi connectivity index (χ0n) is 19.2. The molecule has 0 aromatic heterocycles. The van der Waals surface area contributed by atoms with Crippen LogP contribution in [0.25, 0.3) is 0 Å². The molecule has 4 rings (SSSR count). The minimum atomic E-state index is -0.480. The zero-order chi connectivity index (χ0) is 24.2. The molecule has 8 heteroatoms. The van der Waals surface area contributed by atoms with Crippen molar-refractivity contribution in [2.45, 2.75) is 45.3 Å². The topological polar surface area (TPSA) is 70.1 Å². The average molecular weight is 493 g/mol. The molecule has 1 saturated heterocycles. The molecule has 1 aliphatic heterocycles. The number of amides is 1. The molecule has 1 aliphatic carbocycles. The van der Waals surface area contributed by atoms with Crippen molar-refractivity contribution in [3.8, 4) is 0 Å². The molecule has 1 amide bonds. The van der Waals surface area contributed by atoms with E-state index in [4.69, 9.17) is 37.8 Å². The molecule has 1 fully saturated rings. The van der Waals surface area contributed by atoms with Crippen LogP contribution in [0.2, 0.25) is 10.0 Å². The molecular formula is C25H30Cl2N2O4. The molecule has 2 aromatic rings. The molecule has 1 heterocycles. The lowest BCUT2D eigenvalue weighted by molar-refractivity contribution is -0.122. The third kappa shape index (κ3) is 6.40. The highest BCUT2D eigenvalue weighted by molar-refractivity contribution is 6.31. The summed E-state index contributed by atoms with van der Waals surface area (Å²) in [6.07, 6.45) is 1.65. The van der Waals surface area contributed by atoms with Gasteiger partial charge < -0.3 is 14.7 Å². The summed E-state index contributed by atoms with van der Waals surface area (Å²) >= 11 is 12.6. The Hall–Kier alpha value is -2.28. The number of carbonyl (C=O) groups excluding carboxylic acids is 1. The van der Waals surface area contributed by atoms with Gasteiger partial charge in [0.1, 0.15) is 5.60 Å². The minimum Gasteiger partial charge on any atom is -0.483 e. The number of halogens is 2. The highest BCUT2D eigenvalue weighted by atomic mass is 35.5. The van der Waals surface area contributed by atoms with Gasteiger partial charge >= 0.3 is 6.09 Å². The number of rotatable bonds is 1. The summed E-state index contributed by atoms with van der Waals surface area (Å²) in [6.45, 7) is 8.32. The number of hydrogen-bond donors (Lipinski definition) is 1. The van der Waals surface area contributed by atoms with E-state index in [9.17, 15) is 4.79 Å². The number of benzene rings is 2. The van der Waals surface area contributed by atoms with E-state index in [-0.39, 0.29) is 18.6 Å². The number of nitrogens with zero attached hydrogens (tertiary/aromatic N) is 2. The molecule has 0 atom stereocenters. The molecule has 2 aromatic carbocycles. The smallest absolute Gasteiger partial charge is 0.410 e. The molecule has 0 unspecified atom stereocenters. The summed E-state index contributed by atoms with van der Waals surface area (Å²) < 4.78 is 5.56. The van der Waals surface area contributed by atoms with Crippen LogP contribution in [0.15, 0.2) is 36.4 Å². The second kappa shape index (κ2) is 10.8. The number of fused-ring (bicyclic) bond motifs is 2. The van der Waals surface area contributed by atoms with E-state index >= 15 is 0 Å². The van der Waals surface area contributed by atoms with Crippen molar-refractivity contribution in [2.75, 3.05) is 26.2 Å². The van der Waals surface area contributed by atoms with E-state index in [1.54, 1.807) is 0 Å².